The number of anilines is 1. The minimum Gasteiger partial charge on any atom is -0.318 e. The van der Waals surface area contributed by atoms with E-state index in [0.717, 1.165) is 44.4 Å². The van der Waals surface area contributed by atoms with Crippen molar-refractivity contribution in [2.75, 3.05) is 4.90 Å². The van der Waals surface area contributed by atoms with Gasteiger partial charge in [-0.2, -0.15) is 0 Å². The first-order valence-corrected chi connectivity index (χ1v) is 10.8. The molecule has 0 radical (unpaired) electrons. The van der Waals surface area contributed by atoms with Crippen LogP contribution < -0.4 is 4.90 Å². The van der Waals surface area contributed by atoms with Crippen molar-refractivity contribution in [2.24, 2.45) is 0 Å². The number of para-hydroxylation sites is 1. The van der Waals surface area contributed by atoms with Crippen LogP contribution in [0.15, 0.2) is 64.0 Å². The standard InChI is InChI=1S/C23H19BrN2O2S/c1-14-11-19(9-10-20(14)24)25-15(2)12-17(16(25)3)13-21-22(27)26(23(28)29-21)18-7-5-4-6-8-18/h4-13H,1-3H3/b21-13-. The Morgan fingerprint density at radius 1 is 0.931 bits per heavy atom. The van der Waals surface area contributed by atoms with Crippen molar-refractivity contribution in [1.29, 1.82) is 0 Å². The first-order valence-electron chi connectivity index (χ1n) is 9.15. The van der Waals surface area contributed by atoms with Crippen LogP contribution in [-0.2, 0) is 4.79 Å². The molecule has 1 saturated heterocycles. The van der Waals surface area contributed by atoms with Gasteiger partial charge in [-0.25, -0.2) is 4.90 Å². The maximum absolute atomic E-state index is 12.9. The number of benzene rings is 2. The van der Waals surface area contributed by atoms with Gasteiger partial charge in [0.2, 0.25) is 0 Å². The monoisotopic (exact) mass is 466 g/mol. The molecule has 146 valence electrons. The third kappa shape index (κ3) is 3.58. The van der Waals surface area contributed by atoms with Crippen LogP contribution in [0, 0.1) is 20.8 Å². The number of thioether (sulfide) groups is 1. The maximum atomic E-state index is 12.9. The fourth-order valence-electron chi connectivity index (χ4n) is 3.51. The number of imide groups is 1. The number of carbonyl (C=O) groups is 2. The number of hydrogen-bond donors (Lipinski definition) is 0. The summed E-state index contributed by atoms with van der Waals surface area (Å²) in [6, 6.07) is 17.3. The first-order chi connectivity index (χ1) is 13.9. The van der Waals surface area contributed by atoms with Crippen molar-refractivity contribution in [3.8, 4) is 5.69 Å². The zero-order valence-electron chi connectivity index (χ0n) is 16.3. The van der Waals surface area contributed by atoms with Gasteiger partial charge in [-0.05, 0) is 86.1 Å². The van der Waals surface area contributed by atoms with Crippen LogP contribution in [0.4, 0.5) is 10.5 Å². The molecule has 2 aromatic carbocycles. The molecule has 1 aliphatic rings. The van der Waals surface area contributed by atoms with Crippen molar-refractivity contribution in [3.05, 3.63) is 86.5 Å². The molecule has 4 nitrogen and oxygen atoms in total. The summed E-state index contributed by atoms with van der Waals surface area (Å²) in [5, 5.41) is -0.273. The van der Waals surface area contributed by atoms with Gasteiger partial charge >= 0.3 is 0 Å². The summed E-state index contributed by atoms with van der Waals surface area (Å²) in [6.07, 6.45) is 1.82. The van der Waals surface area contributed by atoms with Crippen molar-refractivity contribution in [3.63, 3.8) is 0 Å². The third-order valence-corrected chi connectivity index (χ3v) is 6.72. The van der Waals surface area contributed by atoms with Crippen LogP contribution in [0.3, 0.4) is 0 Å². The number of carbonyl (C=O) groups excluding carboxylic acids is 2. The van der Waals surface area contributed by atoms with Crippen molar-refractivity contribution >= 4 is 50.6 Å². The highest BCUT2D eigenvalue weighted by atomic mass is 79.9. The van der Waals surface area contributed by atoms with Crippen molar-refractivity contribution < 1.29 is 9.59 Å². The SMILES string of the molecule is Cc1cc(-n2c(C)cc(/C=C3\SC(=O)N(c4ccccc4)C3=O)c2C)ccc1Br. The number of hydrogen-bond acceptors (Lipinski definition) is 3. The van der Waals surface area contributed by atoms with Gasteiger partial charge in [0.25, 0.3) is 11.1 Å². The van der Waals surface area contributed by atoms with Gasteiger partial charge in [-0.15, -0.1) is 0 Å². The topological polar surface area (TPSA) is 42.3 Å². The zero-order chi connectivity index (χ0) is 20.7. The second kappa shape index (κ2) is 7.69. The molecule has 2 heterocycles. The Morgan fingerprint density at radius 3 is 2.34 bits per heavy atom. The molecule has 1 fully saturated rings. The van der Waals surface area contributed by atoms with Gasteiger partial charge in [0.1, 0.15) is 0 Å². The lowest BCUT2D eigenvalue weighted by Crippen LogP contribution is -2.27. The lowest BCUT2D eigenvalue weighted by atomic mass is 10.2. The highest BCUT2D eigenvalue weighted by molar-refractivity contribution is 9.10. The van der Waals surface area contributed by atoms with E-state index in [1.807, 2.05) is 50.3 Å². The van der Waals surface area contributed by atoms with Gasteiger partial charge < -0.3 is 4.57 Å². The Morgan fingerprint density at radius 2 is 1.66 bits per heavy atom. The lowest BCUT2D eigenvalue weighted by molar-refractivity contribution is -0.113. The Kier molecular flexibility index (Phi) is 5.23. The molecule has 2 amide bonds. The Hall–Kier alpha value is -2.57. The molecule has 3 aromatic rings. The molecule has 0 bridgehead atoms. The van der Waals surface area contributed by atoms with Crippen molar-refractivity contribution in [1.82, 2.24) is 4.57 Å². The lowest BCUT2D eigenvalue weighted by Gasteiger charge is -2.12. The second-order valence-electron chi connectivity index (χ2n) is 6.95. The summed E-state index contributed by atoms with van der Waals surface area (Å²) in [5.74, 6) is -0.282. The fraction of sp³-hybridized carbons (Fsp3) is 0.130. The molecule has 0 saturated carbocycles. The number of amides is 2. The molecule has 1 aromatic heterocycles. The average Bonchev–Trinajstić information content (AvgIpc) is 3.13. The molecular weight excluding hydrogens is 448 g/mol. The molecule has 29 heavy (non-hydrogen) atoms. The van der Waals surface area contributed by atoms with Crippen LogP contribution in [0.1, 0.15) is 22.5 Å². The number of nitrogens with zero attached hydrogens (tertiary/aromatic N) is 2. The van der Waals surface area contributed by atoms with E-state index in [1.165, 1.54) is 4.90 Å². The molecule has 0 atom stereocenters. The molecule has 0 aliphatic carbocycles. The van der Waals surface area contributed by atoms with E-state index in [2.05, 4.69) is 39.6 Å². The van der Waals surface area contributed by atoms with E-state index >= 15 is 0 Å². The third-order valence-electron chi connectivity index (χ3n) is 4.96. The number of aromatic nitrogens is 1. The Balaban J connectivity index is 1.71. The maximum Gasteiger partial charge on any atom is 0.298 e. The average molecular weight is 467 g/mol. The Labute approximate surface area is 182 Å². The van der Waals surface area contributed by atoms with Gasteiger partial charge in [0.15, 0.2) is 0 Å². The predicted molar refractivity (Wildman–Crippen MR) is 123 cm³/mol. The predicted octanol–water partition coefficient (Wildman–Crippen LogP) is 6.41. The summed E-state index contributed by atoms with van der Waals surface area (Å²) < 4.78 is 3.23. The van der Waals surface area contributed by atoms with E-state index < -0.39 is 0 Å². The number of aryl methyl sites for hydroxylation is 2. The summed E-state index contributed by atoms with van der Waals surface area (Å²) in [7, 11) is 0. The summed E-state index contributed by atoms with van der Waals surface area (Å²) in [4.78, 5) is 27.0. The zero-order valence-corrected chi connectivity index (χ0v) is 18.7. The molecule has 6 heteroatoms. The smallest absolute Gasteiger partial charge is 0.298 e. The van der Waals surface area contributed by atoms with Crippen LogP contribution in [0.25, 0.3) is 11.8 Å². The Bertz CT molecular complexity index is 1170. The molecule has 4 rings (SSSR count). The second-order valence-corrected chi connectivity index (χ2v) is 8.80. The number of rotatable bonds is 3. The van der Waals surface area contributed by atoms with Gasteiger partial charge in [0, 0.05) is 21.5 Å². The van der Waals surface area contributed by atoms with Crippen LogP contribution in [-0.4, -0.2) is 15.7 Å². The normalized spacial score (nSPS) is 15.6. The molecule has 0 spiro atoms. The summed E-state index contributed by atoms with van der Waals surface area (Å²) in [6.45, 7) is 6.12. The summed E-state index contributed by atoms with van der Waals surface area (Å²) in [5.41, 5.74) is 5.84. The van der Waals surface area contributed by atoms with Gasteiger partial charge in [-0.1, -0.05) is 34.1 Å². The van der Waals surface area contributed by atoms with Crippen molar-refractivity contribution in [2.45, 2.75) is 20.8 Å². The largest absolute Gasteiger partial charge is 0.318 e. The van der Waals surface area contributed by atoms with Crippen LogP contribution in [0.5, 0.6) is 0 Å². The van der Waals surface area contributed by atoms with E-state index in [1.54, 1.807) is 12.1 Å². The first kappa shape index (κ1) is 19.7. The molecule has 0 unspecified atom stereocenters. The van der Waals surface area contributed by atoms with Gasteiger partial charge in [-0.3, -0.25) is 9.59 Å². The molecule has 1 aliphatic heterocycles. The molecular formula is C23H19BrN2O2S. The van der Waals surface area contributed by atoms with Crippen LogP contribution in [0.2, 0.25) is 0 Å². The highest BCUT2D eigenvalue weighted by Crippen LogP contribution is 2.36. The van der Waals surface area contributed by atoms with E-state index in [9.17, 15) is 9.59 Å². The fourth-order valence-corrected chi connectivity index (χ4v) is 4.59. The summed E-state index contributed by atoms with van der Waals surface area (Å²) >= 11 is 4.52. The van der Waals surface area contributed by atoms with E-state index in [4.69, 9.17) is 0 Å². The quantitative estimate of drug-likeness (QED) is 0.419. The number of halogens is 1. The highest BCUT2D eigenvalue weighted by Gasteiger charge is 2.36. The minimum atomic E-state index is -0.282. The van der Waals surface area contributed by atoms with E-state index in [-0.39, 0.29) is 11.1 Å². The van der Waals surface area contributed by atoms with Gasteiger partial charge in [0.05, 0.1) is 10.6 Å². The van der Waals surface area contributed by atoms with E-state index in [0.29, 0.717) is 10.6 Å². The minimum absolute atomic E-state index is 0.273. The van der Waals surface area contributed by atoms with Crippen LogP contribution >= 0.6 is 27.7 Å². The molecule has 0 N–H and O–H groups in total.